The average molecular weight is 418 g/mol. The molecule has 0 aliphatic carbocycles. The number of nitrogens with one attached hydrogen (secondary N) is 1. The predicted octanol–water partition coefficient (Wildman–Crippen LogP) is 3.54. The Kier molecular flexibility index (Phi) is 6.32. The highest BCUT2D eigenvalue weighted by Gasteiger charge is 2.19. The van der Waals surface area contributed by atoms with Crippen LogP contribution < -0.4 is 24.4 Å². The molecule has 0 bridgehead atoms. The third kappa shape index (κ3) is 5.14. The van der Waals surface area contributed by atoms with Crippen molar-refractivity contribution in [3.05, 3.63) is 83.4 Å². The number of benzene rings is 3. The first kappa shape index (κ1) is 20.3. The zero-order valence-corrected chi connectivity index (χ0v) is 17.0. The summed E-state index contributed by atoms with van der Waals surface area (Å²) < 4.78 is 21.8. The van der Waals surface area contributed by atoms with Crippen LogP contribution in [0.3, 0.4) is 0 Å². The maximum atomic E-state index is 12.2. The number of carbonyl (C=O) groups excluding carboxylic acids is 1. The Hall–Kier alpha value is -4.00. The molecule has 7 heteroatoms. The Labute approximate surface area is 180 Å². The van der Waals surface area contributed by atoms with Gasteiger partial charge in [0.1, 0.15) is 5.75 Å². The molecule has 4 rings (SSSR count). The summed E-state index contributed by atoms with van der Waals surface area (Å²) in [7, 11) is 1.55. The van der Waals surface area contributed by atoms with Crippen molar-refractivity contribution in [1.82, 2.24) is 5.43 Å². The van der Waals surface area contributed by atoms with Crippen molar-refractivity contribution in [2.75, 3.05) is 20.5 Å². The molecule has 0 fully saturated rings. The first-order valence-electron chi connectivity index (χ1n) is 9.77. The fourth-order valence-electron chi connectivity index (χ4n) is 3.19. The monoisotopic (exact) mass is 418 g/mol. The Morgan fingerprint density at radius 3 is 2.71 bits per heavy atom. The molecule has 0 spiro atoms. The summed E-state index contributed by atoms with van der Waals surface area (Å²) >= 11 is 0. The standard InChI is InChI=1S/C24H22N2O5/c1-28-21-12-18(13-22-24(21)31-16-30-22)14-25-26-23(27)15-29-20-10-6-5-9-19(20)11-17-7-3-2-4-8-17/h2-10,12-14H,11,15-16H2,1H3,(H,26,27)/b25-14-. The number of methoxy groups -OCH3 is 1. The second-order valence-corrected chi connectivity index (χ2v) is 6.81. The van der Waals surface area contributed by atoms with Crippen LogP contribution in [0.15, 0.2) is 71.8 Å². The number of amides is 1. The molecule has 1 aliphatic heterocycles. The van der Waals surface area contributed by atoms with Crippen LogP contribution in [-0.4, -0.2) is 32.6 Å². The van der Waals surface area contributed by atoms with Crippen LogP contribution in [0.4, 0.5) is 0 Å². The minimum Gasteiger partial charge on any atom is -0.493 e. The summed E-state index contributed by atoms with van der Waals surface area (Å²) in [5.74, 6) is 1.99. The number of fused-ring (bicyclic) bond motifs is 1. The van der Waals surface area contributed by atoms with Crippen molar-refractivity contribution in [2.24, 2.45) is 5.10 Å². The van der Waals surface area contributed by atoms with E-state index in [1.165, 1.54) is 11.8 Å². The van der Waals surface area contributed by atoms with Crippen LogP contribution in [0.25, 0.3) is 0 Å². The van der Waals surface area contributed by atoms with E-state index in [-0.39, 0.29) is 19.3 Å². The lowest BCUT2D eigenvalue weighted by Gasteiger charge is -2.11. The Balaban J connectivity index is 1.33. The summed E-state index contributed by atoms with van der Waals surface area (Å²) in [6.45, 7) is -0.000284. The van der Waals surface area contributed by atoms with Gasteiger partial charge in [0.15, 0.2) is 18.1 Å². The van der Waals surface area contributed by atoms with Crippen LogP contribution in [0.5, 0.6) is 23.0 Å². The molecule has 3 aromatic carbocycles. The lowest BCUT2D eigenvalue weighted by Crippen LogP contribution is -2.24. The van der Waals surface area contributed by atoms with E-state index in [0.717, 1.165) is 12.0 Å². The second kappa shape index (κ2) is 9.67. The van der Waals surface area contributed by atoms with Crippen LogP contribution in [-0.2, 0) is 11.2 Å². The number of hydrazone groups is 1. The molecule has 7 nitrogen and oxygen atoms in total. The lowest BCUT2D eigenvalue weighted by atomic mass is 10.0. The van der Waals surface area contributed by atoms with Gasteiger partial charge in [-0.2, -0.15) is 5.10 Å². The molecule has 1 aliphatic rings. The van der Waals surface area contributed by atoms with Crippen LogP contribution in [0, 0.1) is 0 Å². The van der Waals surface area contributed by atoms with E-state index < -0.39 is 0 Å². The number of hydrogen-bond acceptors (Lipinski definition) is 6. The van der Waals surface area contributed by atoms with Crippen molar-refractivity contribution >= 4 is 12.1 Å². The SMILES string of the molecule is COc1cc(/C=N\NC(=O)COc2ccccc2Cc2ccccc2)cc2c1OCO2. The van der Waals surface area contributed by atoms with Gasteiger partial charge in [-0.3, -0.25) is 4.79 Å². The first-order valence-corrected chi connectivity index (χ1v) is 9.77. The van der Waals surface area contributed by atoms with Gasteiger partial charge in [-0.05, 0) is 29.3 Å². The van der Waals surface area contributed by atoms with Gasteiger partial charge in [-0.1, -0.05) is 48.5 Å². The average Bonchev–Trinajstić information content (AvgIpc) is 3.27. The summed E-state index contributed by atoms with van der Waals surface area (Å²) in [5.41, 5.74) is 5.36. The maximum Gasteiger partial charge on any atom is 0.277 e. The number of hydrogen-bond donors (Lipinski definition) is 1. The molecule has 0 saturated carbocycles. The van der Waals surface area contributed by atoms with E-state index in [9.17, 15) is 4.79 Å². The van der Waals surface area contributed by atoms with E-state index >= 15 is 0 Å². The highest BCUT2D eigenvalue weighted by Crippen LogP contribution is 2.41. The molecule has 158 valence electrons. The zero-order valence-electron chi connectivity index (χ0n) is 17.0. The van der Waals surface area contributed by atoms with E-state index in [4.69, 9.17) is 18.9 Å². The normalized spacial score (nSPS) is 12.0. The molecule has 3 aromatic rings. The Bertz CT molecular complexity index is 1080. The van der Waals surface area contributed by atoms with Crippen LogP contribution in [0.1, 0.15) is 16.7 Å². The largest absolute Gasteiger partial charge is 0.493 e. The fourth-order valence-corrected chi connectivity index (χ4v) is 3.19. The highest BCUT2D eigenvalue weighted by molar-refractivity contribution is 5.84. The molecule has 0 atom stereocenters. The smallest absolute Gasteiger partial charge is 0.277 e. The molecule has 1 amide bonds. The Morgan fingerprint density at radius 1 is 1.06 bits per heavy atom. The topological polar surface area (TPSA) is 78.4 Å². The highest BCUT2D eigenvalue weighted by atomic mass is 16.7. The molecule has 31 heavy (non-hydrogen) atoms. The predicted molar refractivity (Wildman–Crippen MR) is 116 cm³/mol. The van der Waals surface area contributed by atoms with Crippen molar-refractivity contribution in [1.29, 1.82) is 0 Å². The molecular formula is C24H22N2O5. The van der Waals surface area contributed by atoms with E-state index in [1.807, 2.05) is 42.5 Å². The minimum absolute atomic E-state index is 0.145. The lowest BCUT2D eigenvalue weighted by molar-refractivity contribution is -0.123. The van der Waals surface area contributed by atoms with Gasteiger partial charge in [0, 0.05) is 12.0 Å². The summed E-state index contributed by atoms with van der Waals surface area (Å²) in [6, 6.07) is 21.3. The molecule has 0 saturated heterocycles. The number of carbonyl (C=O) groups is 1. The van der Waals surface area contributed by atoms with E-state index in [0.29, 0.717) is 28.6 Å². The quantitative estimate of drug-likeness (QED) is 0.447. The van der Waals surface area contributed by atoms with Gasteiger partial charge < -0.3 is 18.9 Å². The zero-order chi connectivity index (χ0) is 21.5. The van der Waals surface area contributed by atoms with Gasteiger partial charge >= 0.3 is 0 Å². The summed E-state index contributed by atoms with van der Waals surface area (Å²) in [5, 5.41) is 3.99. The van der Waals surface area contributed by atoms with Crippen LogP contribution in [0.2, 0.25) is 0 Å². The van der Waals surface area contributed by atoms with E-state index in [1.54, 1.807) is 19.2 Å². The van der Waals surface area contributed by atoms with Gasteiger partial charge in [-0.25, -0.2) is 5.43 Å². The third-order valence-corrected chi connectivity index (χ3v) is 4.65. The number of ether oxygens (including phenoxy) is 4. The molecule has 0 aromatic heterocycles. The molecular weight excluding hydrogens is 396 g/mol. The van der Waals surface area contributed by atoms with Crippen LogP contribution >= 0.6 is 0 Å². The van der Waals surface area contributed by atoms with Gasteiger partial charge in [0.2, 0.25) is 12.5 Å². The molecule has 1 N–H and O–H groups in total. The number of rotatable bonds is 8. The van der Waals surface area contributed by atoms with E-state index in [2.05, 4.69) is 22.7 Å². The summed E-state index contributed by atoms with van der Waals surface area (Å²) in [4.78, 5) is 12.2. The minimum atomic E-state index is -0.363. The molecule has 0 radical (unpaired) electrons. The van der Waals surface area contributed by atoms with Gasteiger partial charge in [0.05, 0.1) is 13.3 Å². The Morgan fingerprint density at radius 2 is 1.87 bits per heavy atom. The van der Waals surface area contributed by atoms with Crippen molar-refractivity contribution < 1.29 is 23.7 Å². The first-order chi connectivity index (χ1) is 15.2. The van der Waals surface area contributed by atoms with Gasteiger partial charge in [-0.15, -0.1) is 0 Å². The molecule has 1 heterocycles. The number of nitrogens with zero attached hydrogens (tertiary/aromatic N) is 1. The third-order valence-electron chi connectivity index (χ3n) is 4.65. The molecule has 0 unspecified atom stereocenters. The van der Waals surface area contributed by atoms with Gasteiger partial charge in [0.25, 0.3) is 5.91 Å². The number of para-hydroxylation sites is 1. The maximum absolute atomic E-state index is 12.2. The van der Waals surface area contributed by atoms with Crippen molar-refractivity contribution in [3.63, 3.8) is 0 Å². The summed E-state index contributed by atoms with van der Waals surface area (Å²) in [6.07, 6.45) is 2.23. The van der Waals surface area contributed by atoms with Crippen molar-refractivity contribution in [2.45, 2.75) is 6.42 Å². The second-order valence-electron chi connectivity index (χ2n) is 6.81. The van der Waals surface area contributed by atoms with Crippen molar-refractivity contribution in [3.8, 4) is 23.0 Å². The fraction of sp³-hybridized carbons (Fsp3) is 0.167.